The first kappa shape index (κ1) is 36.7. The van der Waals surface area contributed by atoms with Crippen molar-refractivity contribution in [3.63, 3.8) is 0 Å². The number of hydrogen-bond donors (Lipinski definition) is 0. The molecule has 8 aromatic carbocycles. The molecule has 0 saturated carbocycles. The molecule has 10 aromatic rings. The predicted octanol–water partition coefficient (Wildman–Crippen LogP) is 14.8. The van der Waals surface area contributed by atoms with E-state index in [9.17, 15) is 5.26 Å². The minimum atomic E-state index is -5.21. The Hall–Kier alpha value is -7.57. The van der Waals surface area contributed by atoms with Gasteiger partial charge in [-0.05, 0) is 70.8 Å². The Labute approximate surface area is 339 Å². The molecule has 60 heavy (non-hydrogen) atoms. The summed E-state index contributed by atoms with van der Waals surface area (Å²) in [4.78, 5) is 0. The van der Waals surface area contributed by atoms with Gasteiger partial charge in [-0.25, -0.2) is 0 Å². The molecule has 0 spiro atoms. The fraction of sp³-hybridized carbons (Fsp3) is 0.0392. The zero-order valence-electron chi connectivity index (χ0n) is 31.4. The molecule has 0 unspecified atom stereocenters. The van der Waals surface area contributed by atoms with Gasteiger partial charge in [0.1, 0.15) is 0 Å². The van der Waals surface area contributed by atoms with Crippen LogP contribution in [-0.4, -0.2) is 9.13 Å². The number of hydrogen-bond acceptors (Lipinski definition) is 1. The van der Waals surface area contributed by atoms with Crippen LogP contribution in [0.3, 0.4) is 0 Å². The third-order valence-corrected chi connectivity index (χ3v) is 11.2. The molecule has 0 saturated heterocycles. The molecule has 3 nitrogen and oxygen atoms in total. The highest BCUT2D eigenvalue weighted by Crippen LogP contribution is 2.51. The van der Waals surface area contributed by atoms with Crippen LogP contribution in [0.2, 0.25) is 0 Å². The molecule has 0 aliphatic heterocycles. The quantitative estimate of drug-likeness (QED) is 0.160. The summed E-state index contributed by atoms with van der Waals surface area (Å²) < 4.78 is 96.1. The summed E-state index contributed by atoms with van der Waals surface area (Å²) in [6, 6.07) is 52.2. The molecule has 0 aliphatic carbocycles. The number of nitrogens with zero attached hydrogens (tertiary/aromatic N) is 3. The normalized spacial score (nSPS) is 12.2. The van der Waals surface area contributed by atoms with E-state index in [0.717, 1.165) is 49.9 Å². The second-order valence-electron chi connectivity index (χ2n) is 14.6. The van der Waals surface area contributed by atoms with Crippen molar-refractivity contribution < 1.29 is 26.3 Å². The first-order chi connectivity index (χ1) is 29.0. The maximum absolute atomic E-state index is 15.5. The van der Waals surface area contributed by atoms with Crippen LogP contribution in [0.4, 0.5) is 26.3 Å². The first-order valence-electron chi connectivity index (χ1n) is 19.0. The summed E-state index contributed by atoms with van der Waals surface area (Å²) in [5.74, 6) is 0. The van der Waals surface area contributed by atoms with E-state index in [0.29, 0.717) is 34.2 Å². The standard InChI is InChI=1S/C51H29F6N3/c52-50(53,54)40-18-11-19-41(51(55,56)57)48(40)49-46(59-42-20-9-7-16-36(42)38-24-22-34(28-44(38)59)32-12-3-1-4-13-32)26-31(30-58)27-47(49)60-43-21-10-8-17-37(43)39-25-23-35(29-45(39)60)33-14-5-2-6-15-33/h1-29H. The van der Waals surface area contributed by atoms with Crippen molar-refractivity contribution in [1.29, 1.82) is 5.26 Å². The largest absolute Gasteiger partial charge is 0.417 e. The van der Waals surface area contributed by atoms with Gasteiger partial charge in [-0.15, -0.1) is 0 Å². The third-order valence-electron chi connectivity index (χ3n) is 11.2. The van der Waals surface area contributed by atoms with Gasteiger partial charge in [0.2, 0.25) is 0 Å². The SMILES string of the molecule is N#Cc1cc(-n2c3ccccc3c3ccc(-c4ccccc4)cc32)c(-c2c(C(F)(F)F)cccc2C(F)(F)F)c(-n2c3ccccc3c3ccc(-c4ccccc4)cc32)c1. The van der Waals surface area contributed by atoms with E-state index < -0.39 is 29.0 Å². The Kier molecular flexibility index (Phi) is 8.44. The number of nitriles is 1. The van der Waals surface area contributed by atoms with Gasteiger partial charge >= 0.3 is 12.4 Å². The topological polar surface area (TPSA) is 33.6 Å². The zero-order valence-corrected chi connectivity index (χ0v) is 31.4. The number of aromatic nitrogens is 2. The maximum atomic E-state index is 15.5. The third kappa shape index (κ3) is 5.91. The van der Waals surface area contributed by atoms with E-state index in [2.05, 4.69) is 6.07 Å². The number of rotatable bonds is 5. The molecule has 290 valence electrons. The van der Waals surface area contributed by atoms with Crippen molar-refractivity contribution in [2.24, 2.45) is 0 Å². The van der Waals surface area contributed by atoms with Gasteiger partial charge in [0.25, 0.3) is 0 Å². The highest BCUT2D eigenvalue weighted by Gasteiger charge is 2.43. The maximum Gasteiger partial charge on any atom is 0.417 e. The van der Waals surface area contributed by atoms with Gasteiger partial charge in [-0.3, -0.25) is 0 Å². The number of para-hydroxylation sites is 2. The van der Waals surface area contributed by atoms with Crippen molar-refractivity contribution >= 4 is 43.6 Å². The number of fused-ring (bicyclic) bond motifs is 6. The second kappa shape index (κ2) is 13.8. The Balaban J connectivity index is 1.44. The van der Waals surface area contributed by atoms with Crippen LogP contribution in [-0.2, 0) is 12.4 Å². The summed E-state index contributed by atoms with van der Waals surface area (Å²) in [6.07, 6.45) is -10.4. The van der Waals surface area contributed by atoms with Gasteiger partial charge in [0.05, 0.1) is 56.2 Å². The lowest BCUT2D eigenvalue weighted by molar-refractivity contribution is -0.142. The minimum absolute atomic E-state index is 0.0205. The molecule has 0 bridgehead atoms. The summed E-state index contributed by atoms with van der Waals surface area (Å²) in [5.41, 5.74) is 1.14. The lowest BCUT2D eigenvalue weighted by atomic mass is 9.89. The highest BCUT2D eigenvalue weighted by molar-refractivity contribution is 6.13. The minimum Gasteiger partial charge on any atom is -0.308 e. The average molecular weight is 798 g/mol. The average Bonchev–Trinajstić information content (AvgIpc) is 3.77. The Morgan fingerprint density at radius 2 is 0.767 bits per heavy atom. The van der Waals surface area contributed by atoms with Crippen LogP contribution in [0, 0.1) is 11.3 Å². The zero-order chi connectivity index (χ0) is 41.3. The highest BCUT2D eigenvalue weighted by atomic mass is 19.4. The van der Waals surface area contributed by atoms with Gasteiger partial charge in [0, 0.05) is 32.7 Å². The lowest BCUT2D eigenvalue weighted by Crippen LogP contribution is -2.16. The molecule has 0 amide bonds. The number of benzene rings is 8. The predicted molar refractivity (Wildman–Crippen MR) is 226 cm³/mol. The number of halogens is 6. The van der Waals surface area contributed by atoms with E-state index in [1.165, 1.54) is 12.1 Å². The van der Waals surface area contributed by atoms with Crippen LogP contribution in [0.25, 0.3) is 88.4 Å². The van der Waals surface area contributed by atoms with Crippen molar-refractivity contribution in [3.8, 4) is 50.8 Å². The monoisotopic (exact) mass is 797 g/mol. The molecule has 2 aromatic heterocycles. The second-order valence-corrected chi connectivity index (χ2v) is 14.6. The van der Waals surface area contributed by atoms with Crippen LogP contribution in [0.15, 0.2) is 176 Å². The lowest BCUT2D eigenvalue weighted by Gasteiger charge is -2.25. The first-order valence-corrected chi connectivity index (χ1v) is 19.0. The van der Waals surface area contributed by atoms with E-state index >= 15 is 26.3 Å². The van der Waals surface area contributed by atoms with Crippen molar-refractivity contribution in [2.75, 3.05) is 0 Å². The van der Waals surface area contributed by atoms with E-state index in [-0.39, 0.29) is 22.5 Å². The summed E-state index contributed by atoms with van der Waals surface area (Å²) in [5, 5.41) is 13.6. The Bertz CT molecular complexity index is 3140. The molecule has 10 rings (SSSR count). The Morgan fingerprint density at radius 1 is 0.367 bits per heavy atom. The van der Waals surface area contributed by atoms with Crippen LogP contribution in [0.5, 0.6) is 0 Å². The summed E-state index contributed by atoms with van der Waals surface area (Å²) >= 11 is 0. The molecule has 0 atom stereocenters. The summed E-state index contributed by atoms with van der Waals surface area (Å²) in [7, 11) is 0. The molecule has 0 fully saturated rings. The molecule has 0 radical (unpaired) electrons. The van der Waals surface area contributed by atoms with Crippen LogP contribution in [0.1, 0.15) is 16.7 Å². The van der Waals surface area contributed by atoms with Gasteiger partial charge in [-0.1, -0.05) is 127 Å². The fourth-order valence-electron chi connectivity index (χ4n) is 8.66. The molecule has 0 aliphatic rings. The van der Waals surface area contributed by atoms with E-state index in [1.807, 2.05) is 121 Å². The molecular formula is C51H29F6N3. The van der Waals surface area contributed by atoms with Gasteiger partial charge in [-0.2, -0.15) is 31.6 Å². The van der Waals surface area contributed by atoms with Gasteiger partial charge in [0.15, 0.2) is 0 Å². The fourth-order valence-corrected chi connectivity index (χ4v) is 8.66. The Morgan fingerprint density at radius 3 is 1.18 bits per heavy atom. The van der Waals surface area contributed by atoms with Crippen LogP contribution >= 0.6 is 0 Å². The van der Waals surface area contributed by atoms with Crippen molar-refractivity contribution in [1.82, 2.24) is 9.13 Å². The smallest absolute Gasteiger partial charge is 0.308 e. The van der Waals surface area contributed by atoms with Crippen LogP contribution < -0.4 is 0 Å². The van der Waals surface area contributed by atoms with E-state index in [1.54, 1.807) is 33.4 Å². The van der Waals surface area contributed by atoms with Gasteiger partial charge < -0.3 is 9.13 Å². The molecular weight excluding hydrogens is 769 g/mol. The molecule has 9 heteroatoms. The molecule has 2 heterocycles. The molecule has 0 N–H and O–H groups in total. The number of alkyl halides is 6. The van der Waals surface area contributed by atoms with Crippen molar-refractivity contribution in [2.45, 2.75) is 12.4 Å². The van der Waals surface area contributed by atoms with Crippen molar-refractivity contribution in [3.05, 3.63) is 193 Å². The summed E-state index contributed by atoms with van der Waals surface area (Å²) in [6.45, 7) is 0. The van der Waals surface area contributed by atoms with E-state index in [4.69, 9.17) is 0 Å².